The van der Waals surface area contributed by atoms with E-state index in [2.05, 4.69) is 180 Å². The van der Waals surface area contributed by atoms with E-state index < -0.39 is 0 Å². The molecule has 0 bridgehead atoms. The van der Waals surface area contributed by atoms with Gasteiger partial charge in [0.1, 0.15) is 91.0 Å². The van der Waals surface area contributed by atoms with Crippen LogP contribution in [0, 0.1) is 34.6 Å². The van der Waals surface area contributed by atoms with Crippen LogP contribution in [0.4, 0.5) is 41.0 Å². The quantitative estimate of drug-likeness (QED) is 0.0198. The van der Waals surface area contributed by atoms with Crippen LogP contribution in [-0.2, 0) is 52.9 Å². The van der Waals surface area contributed by atoms with Gasteiger partial charge in [-0.2, -0.15) is 9.97 Å². The summed E-state index contributed by atoms with van der Waals surface area (Å²) in [5.41, 5.74) is 29.4. The van der Waals surface area contributed by atoms with Crippen LogP contribution in [0.15, 0.2) is 192 Å². The van der Waals surface area contributed by atoms with Gasteiger partial charge in [0.15, 0.2) is 29.1 Å². The van der Waals surface area contributed by atoms with Gasteiger partial charge in [0.05, 0.1) is 112 Å². The number of para-hydroxylation sites is 1. The standard InChI is InChI=1S/C23H31N5.C21H28N4O2.C19H20N6O2.C18H19N7O2.C15H17N5/c1-3-4-11-24-23-22-21(25-18(2)26-23)10-14-28(22)17-20-9-7-8-19(15-20)16-27-12-5-6-13-27;1-6-8-14(2)22-21-20-17(23-15(3)24-21)11-12-25(20)13-16-18(26-4)9-7-10-19(16)27-5;1-12-9-14(24-27-12)10-21-18-17-15(22-19(20)23-18)7-8-25(17)11-13-5-3-4-6-16(13)26-2;1-11-7-13(24-27-11)8-21-17-16-14(22-18(19)23-17)4-6-25(16)10-12-3-5-20-9-15(12)26-2;1-10(12-6-4-5-8-16-12)17-15-14-13(7-9-20(14)3)18-11(2)19-15/h7-10,14-15H,3-6,11-13,16-17H2,1-2H3,(H,24,25,26);7,9-12,14H,6,8,13H2,1-5H3,(H,22,23,24);3-9H,10-11H2,1-2H3,(H3,20,21,22,23);3-7,9H,8,10H2,1-2H3,(H3,19,21,22,23);4-10H,1-3H3,(H,17,18,19). The summed E-state index contributed by atoms with van der Waals surface area (Å²) in [6.45, 7) is 26.2. The number of rotatable bonds is 31. The molecule has 0 saturated carbocycles. The Kier molecular flexibility index (Phi) is 30.1. The lowest BCUT2D eigenvalue weighted by molar-refractivity contribution is 0.331. The van der Waals surface area contributed by atoms with E-state index in [1.54, 1.807) is 47.0 Å². The Bertz CT molecular complexity index is 6370. The predicted octanol–water partition coefficient (Wildman–Crippen LogP) is 17.2. The number of nitrogens with two attached hydrogens (primary N) is 2. The molecule has 33 nitrogen and oxygen atoms in total. The van der Waals surface area contributed by atoms with Gasteiger partial charge in [-0.1, -0.05) is 91.6 Å². The molecule has 2 atom stereocenters. The normalized spacial score (nSPS) is 12.3. The fourth-order valence-electron chi connectivity index (χ4n) is 15.9. The average Bonchev–Trinajstić information content (AvgIpc) is 1.67. The number of fused-ring (bicyclic) bond motifs is 5. The summed E-state index contributed by atoms with van der Waals surface area (Å²) in [5, 5.41) is 25.1. The summed E-state index contributed by atoms with van der Waals surface area (Å²) in [4.78, 5) is 56.0. The van der Waals surface area contributed by atoms with Crippen LogP contribution in [0.1, 0.15) is 146 Å². The number of nitrogen functional groups attached to an aromatic ring is 2. The maximum absolute atomic E-state index is 5.88. The van der Waals surface area contributed by atoms with Crippen LogP contribution >= 0.6 is 0 Å². The van der Waals surface area contributed by atoms with Crippen molar-refractivity contribution in [2.24, 2.45) is 7.05 Å². The van der Waals surface area contributed by atoms with Gasteiger partial charge >= 0.3 is 0 Å². The number of benzene rings is 3. The number of likely N-dealkylation sites (tertiary alicyclic amines) is 1. The number of methoxy groups -OCH3 is 4. The third-order valence-electron chi connectivity index (χ3n) is 21.9. The molecule has 129 heavy (non-hydrogen) atoms. The molecule has 15 heterocycles. The number of aromatic nitrogens is 19. The van der Waals surface area contributed by atoms with Crippen LogP contribution in [0.2, 0.25) is 0 Å². The molecule has 18 rings (SSSR count). The molecule has 3 aromatic carbocycles. The molecular formula is C96H115N27O6. The number of hydrogen-bond acceptors (Lipinski definition) is 28. The second-order valence-corrected chi connectivity index (χ2v) is 31.8. The van der Waals surface area contributed by atoms with E-state index in [-0.39, 0.29) is 17.9 Å². The van der Waals surface area contributed by atoms with Gasteiger partial charge in [0.25, 0.3) is 0 Å². The molecule has 14 aromatic heterocycles. The van der Waals surface area contributed by atoms with E-state index in [1.165, 1.54) is 43.5 Å². The highest BCUT2D eigenvalue weighted by molar-refractivity contribution is 5.91. The highest BCUT2D eigenvalue weighted by Gasteiger charge is 2.22. The Morgan fingerprint density at radius 3 is 1.47 bits per heavy atom. The fourth-order valence-corrected chi connectivity index (χ4v) is 15.9. The van der Waals surface area contributed by atoms with Crippen LogP contribution in [-0.4, -0.2) is 152 Å². The van der Waals surface area contributed by atoms with Crippen molar-refractivity contribution in [3.63, 3.8) is 0 Å². The minimum atomic E-state index is 0.0867. The number of pyridine rings is 2. The lowest BCUT2D eigenvalue weighted by Crippen LogP contribution is -2.18. The Morgan fingerprint density at radius 1 is 0.442 bits per heavy atom. The number of nitrogens with zero attached hydrogens (tertiary/aromatic N) is 20. The van der Waals surface area contributed by atoms with Gasteiger partial charge in [-0.15, -0.1) is 0 Å². The first-order valence-electron chi connectivity index (χ1n) is 43.5. The second kappa shape index (κ2) is 43.0. The smallest absolute Gasteiger partial charge is 0.222 e. The minimum Gasteiger partial charge on any atom is -0.496 e. The largest absolute Gasteiger partial charge is 0.496 e. The zero-order valence-corrected chi connectivity index (χ0v) is 75.8. The first-order chi connectivity index (χ1) is 62.7. The molecule has 1 aliphatic heterocycles. The van der Waals surface area contributed by atoms with Gasteiger partial charge < -0.3 is 88.9 Å². The van der Waals surface area contributed by atoms with Gasteiger partial charge in [0.2, 0.25) is 11.9 Å². The van der Waals surface area contributed by atoms with Crippen molar-refractivity contribution in [2.45, 2.75) is 159 Å². The topological polar surface area (TPSA) is 384 Å². The molecular weight excluding hydrogens is 1630 g/mol. The molecule has 33 heteroatoms. The summed E-state index contributed by atoms with van der Waals surface area (Å²) in [5.74, 6) is 11.4. The average molecular weight is 1740 g/mol. The molecule has 1 saturated heterocycles. The summed E-state index contributed by atoms with van der Waals surface area (Å²) in [6, 6.07) is 44.7. The molecule has 0 radical (unpaired) electrons. The van der Waals surface area contributed by atoms with Gasteiger partial charge in [0, 0.05) is 99.4 Å². The van der Waals surface area contributed by atoms with E-state index in [0.717, 1.165) is 197 Å². The molecule has 1 fully saturated rings. The van der Waals surface area contributed by atoms with Crippen molar-refractivity contribution in [3.8, 4) is 23.0 Å². The van der Waals surface area contributed by atoms with Crippen LogP contribution in [0.3, 0.4) is 0 Å². The van der Waals surface area contributed by atoms with Gasteiger partial charge in [-0.05, 0) is 165 Å². The van der Waals surface area contributed by atoms with Crippen molar-refractivity contribution >= 4 is 96.2 Å². The lowest BCUT2D eigenvalue weighted by atomic mass is 10.1. The molecule has 0 amide bonds. The summed E-state index contributed by atoms with van der Waals surface area (Å²) in [7, 11) is 8.65. The van der Waals surface area contributed by atoms with Crippen molar-refractivity contribution in [3.05, 3.63) is 257 Å². The van der Waals surface area contributed by atoms with Crippen molar-refractivity contribution in [1.82, 2.24) is 97.9 Å². The molecule has 1 aliphatic rings. The summed E-state index contributed by atoms with van der Waals surface area (Å²) in [6.07, 6.45) is 22.5. The number of hydrogen-bond donors (Lipinski definition) is 7. The Hall–Kier alpha value is -14.8. The zero-order valence-electron chi connectivity index (χ0n) is 75.8. The van der Waals surface area contributed by atoms with Crippen molar-refractivity contribution in [2.75, 3.05) is 86.1 Å². The fraction of sp³-hybridized carbons (Fsp3) is 0.333. The molecule has 0 aliphatic carbocycles. The van der Waals surface area contributed by atoms with Gasteiger partial charge in [-0.3, -0.25) is 14.9 Å². The molecule has 670 valence electrons. The van der Waals surface area contributed by atoms with Crippen molar-refractivity contribution in [1.29, 1.82) is 0 Å². The van der Waals surface area contributed by atoms with Gasteiger partial charge in [-0.25, -0.2) is 39.9 Å². The maximum atomic E-state index is 5.88. The number of aryl methyl sites for hydroxylation is 6. The SMILES string of the molecule is CCCC(C)Nc1nc(C)nc2ccn(Cc3c(OC)cccc3OC)c12.CCCCNc1nc(C)nc2ccn(Cc3cccc(CN4CCCC4)c3)c12.COc1ccccc1Cn1ccc2nc(N)nc(NCc3cc(C)on3)c21.COc1cnccc1Cn1ccc2nc(N)nc(NCc3cc(C)on3)c21.Cc1nc(NC(C)c2ccccn2)c2c(ccn2C)n1. The van der Waals surface area contributed by atoms with Crippen LogP contribution < -0.4 is 57.0 Å². The Balaban J connectivity index is 0.000000131. The number of nitrogens with one attached hydrogen (secondary N) is 5. The molecule has 9 N–H and O–H groups in total. The lowest BCUT2D eigenvalue weighted by Gasteiger charge is -2.18. The predicted molar refractivity (Wildman–Crippen MR) is 507 cm³/mol. The Labute approximate surface area is 749 Å². The molecule has 0 spiro atoms. The molecule has 2 unspecified atom stereocenters. The third kappa shape index (κ3) is 22.9. The first-order valence-corrected chi connectivity index (χ1v) is 43.5. The Morgan fingerprint density at radius 2 is 0.922 bits per heavy atom. The van der Waals surface area contributed by atoms with E-state index in [0.29, 0.717) is 50.4 Å². The maximum Gasteiger partial charge on any atom is 0.222 e. The van der Waals surface area contributed by atoms with E-state index in [4.69, 9.17) is 39.5 Å². The third-order valence-corrected chi connectivity index (χ3v) is 21.9. The van der Waals surface area contributed by atoms with Crippen molar-refractivity contribution < 1.29 is 28.0 Å². The monoisotopic (exact) mass is 1740 g/mol. The van der Waals surface area contributed by atoms with E-state index in [9.17, 15) is 0 Å². The zero-order chi connectivity index (χ0) is 90.5. The van der Waals surface area contributed by atoms with E-state index in [1.807, 2.05) is 179 Å². The number of unbranched alkanes of at least 4 members (excludes halogenated alkanes) is 1. The highest BCUT2D eigenvalue weighted by Crippen LogP contribution is 2.35. The summed E-state index contributed by atoms with van der Waals surface area (Å²) < 4.78 is 42.8. The second-order valence-electron chi connectivity index (χ2n) is 31.8. The number of ether oxygens (including phenoxy) is 4. The van der Waals surface area contributed by atoms with E-state index >= 15 is 0 Å². The first kappa shape index (κ1) is 90.5. The molecule has 17 aromatic rings. The van der Waals surface area contributed by atoms with Crippen LogP contribution in [0.25, 0.3) is 55.2 Å². The minimum absolute atomic E-state index is 0.0867. The van der Waals surface area contributed by atoms with Crippen LogP contribution in [0.5, 0.6) is 23.0 Å². The number of anilines is 7. The summed E-state index contributed by atoms with van der Waals surface area (Å²) >= 11 is 0. The highest BCUT2D eigenvalue weighted by atomic mass is 16.5.